The molecule has 0 unspecified atom stereocenters. The molecule has 0 rings (SSSR count). The molecule has 0 saturated heterocycles. The minimum absolute atomic E-state index is 0.182. The third kappa shape index (κ3) is 3.54. The van der Waals surface area contributed by atoms with Crippen molar-refractivity contribution in [2.24, 2.45) is 0 Å². The highest BCUT2D eigenvalue weighted by molar-refractivity contribution is 7.84. The minimum atomic E-state index is -1.03. The fourth-order valence-corrected chi connectivity index (χ4v) is 2.11. The van der Waals surface area contributed by atoms with Crippen LogP contribution in [0.3, 0.4) is 0 Å². The van der Waals surface area contributed by atoms with Crippen molar-refractivity contribution >= 4 is 11.0 Å². The van der Waals surface area contributed by atoms with Crippen molar-refractivity contribution in [3.8, 4) is 0 Å². The van der Waals surface area contributed by atoms with Crippen LogP contribution in [-0.2, 0) is 11.0 Å². The van der Waals surface area contributed by atoms with E-state index in [-0.39, 0.29) is 10.3 Å². The molecule has 0 aromatic carbocycles. The Hall–Kier alpha value is -0.150. The molecule has 0 aromatic heterocycles. The minimum Gasteiger partial charge on any atom is -0.242 e. The fraction of sp³-hybridized carbons (Fsp3) is 0.818. The summed E-state index contributed by atoms with van der Waals surface area (Å²) in [6.45, 7) is 13.9. The van der Waals surface area contributed by atoms with Crippen LogP contribution in [-0.4, -0.2) is 14.5 Å². The van der Waals surface area contributed by atoms with Crippen LogP contribution in [0.15, 0.2) is 12.7 Å². The molecule has 0 aromatic rings. The van der Waals surface area contributed by atoms with E-state index in [1.807, 2.05) is 26.8 Å². The molecule has 0 amide bonds. The van der Waals surface area contributed by atoms with Crippen molar-refractivity contribution in [1.29, 1.82) is 0 Å². The van der Waals surface area contributed by atoms with E-state index in [1.54, 1.807) is 0 Å². The molecule has 14 heavy (non-hydrogen) atoms. The number of hydrogen-bond donors (Lipinski definition) is 1. The predicted octanol–water partition coefficient (Wildman–Crippen LogP) is 2.78. The molecule has 2 nitrogen and oxygen atoms in total. The largest absolute Gasteiger partial charge is 0.242 e. The summed E-state index contributed by atoms with van der Waals surface area (Å²) < 4.78 is 14.9. The van der Waals surface area contributed by atoms with Crippen LogP contribution in [0.25, 0.3) is 0 Å². The summed E-state index contributed by atoms with van der Waals surface area (Å²) in [7, 11) is -1.03. The zero-order chi connectivity index (χ0) is 11.4. The molecular formula is C11H23NOS. The molecule has 0 saturated carbocycles. The SMILES string of the molecule is C=CC(CC)(CC)N[S@@](=O)C(C)(C)C. The summed E-state index contributed by atoms with van der Waals surface area (Å²) in [6.07, 6.45) is 3.69. The van der Waals surface area contributed by atoms with Gasteiger partial charge in [0.1, 0.15) is 0 Å². The van der Waals surface area contributed by atoms with E-state index < -0.39 is 11.0 Å². The Balaban J connectivity index is 4.62. The van der Waals surface area contributed by atoms with E-state index >= 15 is 0 Å². The van der Waals surface area contributed by atoms with Crippen molar-refractivity contribution in [1.82, 2.24) is 4.72 Å². The molecule has 3 heteroatoms. The highest BCUT2D eigenvalue weighted by atomic mass is 32.2. The van der Waals surface area contributed by atoms with Gasteiger partial charge in [0.25, 0.3) is 0 Å². The van der Waals surface area contributed by atoms with Crippen molar-refractivity contribution in [2.75, 3.05) is 0 Å². The molecule has 0 aliphatic heterocycles. The number of hydrogen-bond acceptors (Lipinski definition) is 1. The maximum Gasteiger partial charge on any atom is 0.0978 e. The first-order valence-corrected chi connectivity index (χ1v) is 6.29. The highest BCUT2D eigenvalue weighted by Gasteiger charge is 2.29. The third-order valence-corrected chi connectivity index (χ3v) is 4.21. The van der Waals surface area contributed by atoms with Crippen LogP contribution >= 0.6 is 0 Å². The van der Waals surface area contributed by atoms with Gasteiger partial charge in [-0.1, -0.05) is 19.9 Å². The second-order valence-electron chi connectivity index (χ2n) is 4.55. The quantitative estimate of drug-likeness (QED) is 0.705. The molecule has 84 valence electrons. The van der Waals surface area contributed by atoms with Crippen LogP contribution in [0.4, 0.5) is 0 Å². The number of rotatable bonds is 5. The Labute approximate surface area is 90.8 Å². The lowest BCUT2D eigenvalue weighted by Gasteiger charge is -2.32. The van der Waals surface area contributed by atoms with Crippen molar-refractivity contribution in [3.05, 3.63) is 12.7 Å². The monoisotopic (exact) mass is 217 g/mol. The van der Waals surface area contributed by atoms with Gasteiger partial charge < -0.3 is 0 Å². The molecule has 0 radical (unpaired) electrons. The van der Waals surface area contributed by atoms with Crippen LogP contribution in [0.5, 0.6) is 0 Å². The van der Waals surface area contributed by atoms with Crippen molar-refractivity contribution in [2.45, 2.75) is 57.7 Å². The van der Waals surface area contributed by atoms with E-state index in [2.05, 4.69) is 25.1 Å². The average molecular weight is 217 g/mol. The van der Waals surface area contributed by atoms with Gasteiger partial charge in [-0.05, 0) is 33.6 Å². The first-order chi connectivity index (χ1) is 6.31. The van der Waals surface area contributed by atoms with Gasteiger partial charge in [-0.2, -0.15) is 0 Å². The van der Waals surface area contributed by atoms with Crippen molar-refractivity contribution < 1.29 is 4.21 Å². The van der Waals surface area contributed by atoms with Gasteiger partial charge in [0.15, 0.2) is 0 Å². The van der Waals surface area contributed by atoms with Gasteiger partial charge in [0.2, 0.25) is 0 Å². The Morgan fingerprint density at radius 1 is 1.29 bits per heavy atom. The molecule has 1 atom stereocenters. The van der Waals surface area contributed by atoms with Gasteiger partial charge in [-0.25, -0.2) is 8.93 Å². The molecule has 0 heterocycles. The summed E-state index contributed by atoms with van der Waals surface area (Å²) in [5.41, 5.74) is -0.182. The Morgan fingerprint density at radius 3 is 1.93 bits per heavy atom. The first-order valence-electron chi connectivity index (χ1n) is 5.14. The van der Waals surface area contributed by atoms with E-state index in [1.165, 1.54) is 0 Å². The maximum absolute atomic E-state index is 11.9. The molecule has 0 aliphatic carbocycles. The molecular weight excluding hydrogens is 194 g/mol. The summed E-state index contributed by atoms with van der Waals surface area (Å²) in [6, 6.07) is 0. The standard InChI is InChI=1S/C11H23NOS/c1-7-11(8-2,9-3)12-14(13)10(4,5)6/h7,12H,1,8-9H2,2-6H3/t14-/m0/s1. The van der Waals surface area contributed by atoms with Gasteiger partial charge >= 0.3 is 0 Å². The molecule has 0 fully saturated rings. The maximum atomic E-state index is 11.9. The fourth-order valence-electron chi connectivity index (χ4n) is 1.06. The molecule has 0 bridgehead atoms. The van der Waals surface area contributed by atoms with Crippen LogP contribution in [0.1, 0.15) is 47.5 Å². The van der Waals surface area contributed by atoms with E-state index in [4.69, 9.17) is 0 Å². The van der Waals surface area contributed by atoms with Crippen LogP contribution < -0.4 is 4.72 Å². The van der Waals surface area contributed by atoms with Crippen molar-refractivity contribution in [3.63, 3.8) is 0 Å². The summed E-state index contributed by atoms with van der Waals surface area (Å²) in [5, 5.41) is 0. The van der Waals surface area contributed by atoms with Crippen LogP contribution in [0, 0.1) is 0 Å². The normalized spacial score (nSPS) is 15.2. The summed E-state index contributed by atoms with van der Waals surface area (Å²) in [5.74, 6) is 0. The zero-order valence-electron chi connectivity index (χ0n) is 10.0. The summed E-state index contributed by atoms with van der Waals surface area (Å²) in [4.78, 5) is 0. The lowest BCUT2D eigenvalue weighted by Crippen LogP contribution is -2.48. The zero-order valence-corrected chi connectivity index (χ0v) is 10.8. The Kier molecular flexibility index (Phi) is 5.02. The third-order valence-electron chi connectivity index (χ3n) is 2.50. The molecule has 0 aliphatic rings. The van der Waals surface area contributed by atoms with E-state index in [0.717, 1.165) is 12.8 Å². The average Bonchev–Trinajstić information content (AvgIpc) is 2.12. The molecule has 0 spiro atoms. The van der Waals surface area contributed by atoms with Crippen LogP contribution in [0.2, 0.25) is 0 Å². The Bertz CT molecular complexity index is 214. The van der Waals surface area contributed by atoms with Gasteiger partial charge in [-0.15, -0.1) is 6.58 Å². The second-order valence-corrected chi connectivity index (χ2v) is 6.52. The van der Waals surface area contributed by atoms with Gasteiger partial charge in [0.05, 0.1) is 15.7 Å². The topological polar surface area (TPSA) is 29.1 Å². The lowest BCUT2D eigenvalue weighted by atomic mass is 9.95. The Morgan fingerprint density at radius 2 is 1.71 bits per heavy atom. The predicted molar refractivity (Wildman–Crippen MR) is 64.5 cm³/mol. The molecule has 1 N–H and O–H groups in total. The van der Waals surface area contributed by atoms with Gasteiger partial charge in [0, 0.05) is 5.54 Å². The van der Waals surface area contributed by atoms with Gasteiger partial charge in [-0.3, -0.25) is 0 Å². The summed E-state index contributed by atoms with van der Waals surface area (Å²) >= 11 is 0. The highest BCUT2D eigenvalue weighted by Crippen LogP contribution is 2.20. The number of nitrogens with one attached hydrogen (secondary N) is 1. The first kappa shape index (κ1) is 13.8. The van der Waals surface area contributed by atoms with E-state index in [0.29, 0.717) is 0 Å². The lowest BCUT2D eigenvalue weighted by molar-refractivity contribution is 0.446. The smallest absolute Gasteiger partial charge is 0.0978 e. The second kappa shape index (κ2) is 5.08. The van der Waals surface area contributed by atoms with E-state index in [9.17, 15) is 4.21 Å².